The van der Waals surface area contributed by atoms with Crippen LogP contribution in [0.2, 0.25) is 5.15 Å². The number of aromatic nitrogens is 1. The summed E-state index contributed by atoms with van der Waals surface area (Å²) in [4.78, 5) is 15.3. The Balaban J connectivity index is 2.61. The third kappa shape index (κ3) is 2.23. The van der Waals surface area contributed by atoms with Gasteiger partial charge < -0.3 is 10.4 Å². The van der Waals surface area contributed by atoms with Gasteiger partial charge >= 0.3 is 5.97 Å². The van der Waals surface area contributed by atoms with Crippen LogP contribution < -0.4 is 5.32 Å². The van der Waals surface area contributed by atoms with Crippen molar-refractivity contribution in [1.82, 2.24) is 10.3 Å². The fraction of sp³-hybridized carbons (Fsp3) is 0.167. The predicted molar refractivity (Wildman–Crippen MR) is 66.2 cm³/mol. The highest BCUT2D eigenvalue weighted by Gasteiger charge is 2.21. The Morgan fingerprint density at radius 2 is 2.18 bits per heavy atom. The summed E-state index contributed by atoms with van der Waals surface area (Å²) >= 11 is 6.01. The summed E-state index contributed by atoms with van der Waals surface area (Å²) in [5.41, 5.74) is 1.22. The van der Waals surface area contributed by atoms with Gasteiger partial charge in [-0.05, 0) is 19.2 Å². The zero-order valence-electron chi connectivity index (χ0n) is 9.14. The Morgan fingerprint density at radius 1 is 1.47 bits per heavy atom. The first-order chi connectivity index (χ1) is 8.13. The summed E-state index contributed by atoms with van der Waals surface area (Å²) in [6.07, 6.45) is 0. The minimum Gasteiger partial charge on any atom is -0.480 e. The Morgan fingerprint density at radius 3 is 2.82 bits per heavy atom. The topological polar surface area (TPSA) is 62.2 Å². The second-order valence-electron chi connectivity index (χ2n) is 3.62. The van der Waals surface area contributed by atoms with Gasteiger partial charge in [0, 0.05) is 10.9 Å². The molecule has 0 aliphatic carbocycles. The number of pyridine rings is 1. The molecule has 0 bridgehead atoms. The fourth-order valence-corrected chi connectivity index (χ4v) is 1.98. The summed E-state index contributed by atoms with van der Waals surface area (Å²) in [6.45, 7) is 0. The van der Waals surface area contributed by atoms with Crippen LogP contribution in [0.15, 0.2) is 30.3 Å². The normalized spacial score (nSPS) is 12.6. The first kappa shape index (κ1) is 11.8. The van der Waals surface area contributed by atoms with Crippen LogP contribution in [0.4, 0.5) is 0 Å². The molecule has 1 aromatic heterocycles. The monoisotopic (exact) mass is 250 g/mol. The van der Waals surface area contributed by atoms with Gasteiger partial charge in [-0.3, -0.25) is 4.79 Å². The van der Waals surface area contributed by atoms with Crippen LogP contribution in [0.25, 0.3) is 10.9 Å². The highest BCUT2D eigenvalue weighted by Crippen LogP contribution is 2.25. The third-order valence-electron chi connectivity index (χ3n) is 2.55. The molecule has 0 radical (unpaired) electrons. The summed E-state index contributed by atoms with van der Waals surface area (Å²) in [5.74, 6) is -0.980. The van der Waals surface area contributed by atoms with E-state index in [2.05, 4.69) is 10.3 Å². The van der Waals surface area contributed by atoms with Crippen molar-refractivity contribution < 1.29 is 9.90 Å². The minimum absolute atomic E-state index is 0.213. The lowest BCUT2D eigenvalue weighted by Crippen LogP contribution is -2.25. The van der Waals surface area contributed by atoms with Gasteiger partial charge in [0.05, 0.1) is 5.52 Å². The van der Waals surface area contributed by atoms with Crippen LogP contribution >= 0.6 is 11.6 Å². The van der Waals surface area contributed by atoms with E-state index in [4.69, 9.17) is 16.7 Å². The van der Waals surface area contributed by atoms with E-state index in [1.54, 1.807) is 13.1 Å². The lowest BCUT2D eigenvalue weighted by molar-refractivity contribution is -0.139. The molecule has 1 atom stereocenters. The number of likely N-dealkylation sites (N-methyl/N-ethyl adjacent to an activating group) is 1. The van der Waals surface area contributed by atoms with Gasteiger partial charge in [0.15, 0.2) is 0 Å². The maximum atomic E-state index is 11.1. The zero-order chi connectivity index (χ0) is 12.4. The molecule has 1 aromatic carbocycles. The largest absolute Gasteiger partial charge is 0.480 e. The van der Waals surface area contributed by atoms with Crippen molar-refractivity contribution in [2.24, 2.45) is 0 Å². The lowest BCUT2D eigenvalue weighted by atomic mass is 10.1. The molecule has 17 heavy (non-hydrogen) atoms. The van der Waals surface area contributed by atoms with Gasteiger partial charge in [-0.25, -0.2) is 4.98 Å². The number of rotatable bonds is 3. The molecule has 4 nitrogen and oxygen atoms in total. The fourth-order valence-electron chi connectivity index (χ4n) is 1.72. The molecular formula is C12H11ClN2O2. The van der Waals surface area contributed by atoms with Gasteiger partial charge in [0.2, 0.25) is 0 Å². The lowest BCUT2D eigenvalue weighted by Gasteiger charge is -2.13. The highest BCUT2D eigenvalue weighted by atomic mass is 35.5. The van der Waals surface area contributed by atoms with Crippen LogP contribution in [-0.2, 0) is 4.79 Å². The first-order valence-corrected chi connectivity index (χ1v) is 5.46. The molecule has 0 fully saturated rings. The van der Waals surface area contributed by atoms with E-state index in [9.17, 15) is 4.79 Å². The van der Waals surface area contributed by atoms with Crippen molar-refractivity contribution in [2.45, 2.75) is 6.04 Å². The van der Waals surface area contributed by atoms with Gasteiger partial charge in [-0.15, -0.1) is 0 Å². The summed E-state index contributed by atoms with van der Waals surface area (Å²) in [5, 5.41) is 12.9. The number of benzene rings is 1. The number of carbonyl (C=O) groups is 1. The molecule has 2 rings (SSSR count). The number of nitrogens with zero attached hydrogens (tertiary/aromatic N) is 1. The third-order valence-corrected chi connectivity index (χ3v) is 2.85. The Labute approximate surface area is 103 Å². The number of fused-ring (bicyclic) bond motifs is 1. The summed E-state index contributed by atoms with van der Waals surface area (Å²) in [7, 11) is 1.57. The van der Waals surface area contributed by atoms with Crippen LogP contribution in [0.1, 0.15) is 11.6 Å². The SMILES string of the molecule is CNC(C(=O)O)c1cc2ccccc2nc1Cl. The van der Waals surface area contributed by atoms with Gasteiger partial charge in [0.25, 0.3) is 0 Å². The van der Waals surface area contributed by atoms with E-state index in [0.717, 1.165) is 10.9 Å². The maximum absolute atomic E-state index is 11.1. The molecule has 2 aromatic rings. The molecule has 1 heterocycles. The molecule has 0 spiro atoms. The van der Waals surface area contributed by atoms with E-state index in [0.29, 0.717) is 5.56 Å². The molecule has 88 valence electrons. The van der Waals surface area contributed by atoms with Gasteiger partial charge in [-0.2, -0.15) is 0 Å². The molecule has 5 heteroatoms. The van der Waals surface area contributed by atoms with Crippen molar-refractivity contribution in [1.29, 1.82) is 0 Å². The smallest absolute Gasteiger partial charge is 0.325 e. The number of carboxylic acid groups (broad SMARTS) is 1. The maximum Gasteiger partial charge on any atom is 0.325 e. The predicted octanol–water partition coefficient (Wildman–Crippen LogP) is 2.23. The summed E-state index contributed by atoms with van der Waals surface area (Å²) in [6, 6.07) is 8.34. The van der Waals surface area contributed by atoms with Gasteiger partial charge in [-0.1, -0.05) is 29.8 Å². The molecule has 0 amide bonds. The quantitative estimate of drug-likeness (QED) is 0.820. The minimum atomic E-state index is -0.980. The van der Waals surface area contributed by atoms with Crippen molar-refractivity contribution in [3.8, 4) is 0 Å². The number of halogens is 1. The van der Waals surface area contributed by atoms with E-state index in [1.165, 1.54) is 0 Å². The van der Waals surface area contributed by atoms with Crippen LogP contribution in [0.3, 0.4) is 0 Å². The molecule has 0 aliphatic rings. The second-order valence-corrected chi connectivity index (χ2v) is 3.98. The van der Waals surface area contributed by atoms with Crippen molar-refractivity contribution in [3.63, 3.8) is 0 Å². The molecule has 0 saturated heterocycles. The molecular weight excluding hydrogens is 240 g/mol. The molecule has 0 saturated carbocycles. The highest BCUT2D eigenvalue weighted by molar-refractivity contribution is 6.30. The number of hydrogen-bond donors (Lipinski definition) is 2. The molecule has 0 aliphatic heterocycles. The molecule has 2 N–H and O–H groups in total. The van der Waals surface area contributed by atoms with Crippen molar-refractivity contribution in [3.05, 3.63) is 41.0 Å². The average molecular weight is 251 g/mol. The van der Waals surface area contributed by atoms with E-state index in [-0.39, 0.29) is 5.15 Å². The van der Waals surface area contributed by atoms with Gasteiger partial charge in [0.1, 0.15) is 11.2 Å². The summed E-state index contributed by atoms with van der Waals surface area (Å²) < 4.78 is 0. The Kier molecular flexibility index (Phi) is 3.26. The number of aliphatic carboxylic acids is 1. The van der Waals surface area contributed by atoms with Crippen LogP contribution in [0, 0.1) is 0 Å². The Hall–Kier alpha value is -1.65. The molecule has 1 unspecified atom stereocenters. The Bertz CT molecular complexity index is 571. The van der Waals surface area contributed by atoms with E-state index < -0.39 is 12.0 Å². The number of hydrogen-bond acceptors (Lipinski definition) is 3. The second kappa shape index (κ2) is 4.69. The van der Waals surface area contributed by atoms with Crippen LogP contribution in [-0.4, -0.2) is 23.1 Å². The average Bonchev–Trinajstić information content (AvgIpc) is 2.30. The first-order valence-electron chi connectivity index (χ1n) is 5.08. The zero-order valence-corrected chi connectivity index (χ0v) is 9.90. The van der Waals surface area contributed by atoms with Crippen molar-refractivity contribution in [2.75, 3.05) is 7.05 Å². The van der Waals surface area contributed by atoms with E-state index >= 15 is 0 Å². The standard InChI is InChI=1S/C12H11ClN2O2/c1-14-10(12(16)17)8-6-7-4-2-3-5-9(7)15-11(8)13/h2-6,10,14H,1H3,(H,16,17). The van der Waals surface area contributed by atoms with Crippen LogP contribution in [0.5, 0.6) is 0 Å². The van der Waals surface area contributed by atoms with E-state index in [1.807, 2.05) is 24.3 Å². The number of para-hydroxylation sites is 1. The number of carboxylic acids is 1. The number of nitrogens with one attached hydrogen (secondary N) is 1. The van der Waals surface area contributed by atoms with Crippen molar-refractivity contribution >= 4 is 28.5 Å².